The first-order valence-electron chi connectivity index (χ1n) is 12.5. The van der Waals surface area contributed by atoms with Gasteiger partial charge in [0.25, 0.3) is 0 Å². The van der Waals surface area contributed by atoms with Crippen LogP contribution in [0, 0.1) is 34.9 Å². The molecular formula is C29H36FNO3. The van der Waals surface area contributed by atoms with Crippen LogP contribution >= 0.6 is 0 Å². The van der Waals surface area contributed by atoms with Crippen molar-refractivity contribution >= 4 is 12.0 Å². The molecule has 1 saturated heterocycles. The lowest BCUT2D eigenvalue weighted by Crippen LogP contribution is -2.50. The number of carbonyl (C=O) groups excluding carboxylic acids is 1. The molecule has 1 aromatic heterocycles. The van der Waals surface area contributed by atoms with E-state index >= 15 is 0 Å². The standard InChI is InChI=1S/C29H36FNO3/c1-5-6-14-33-18-29-16-19(2)20(3)26(27(29)21(4)34-28(29)32)13-12-25-11-10-23(17-31-25)22-8-7-9-24(30)15-22/h7-13,15,17,19-21,26-27H,5-6,14,16,18H2,1-4H3/b13-12+/t19-,20+,21+,26-,27-,29-/m0/s1. The van der Waals surface area contributed by atoms with E-state index < -0.39 is 5.41 Å². The summed E-state index contributed by atoms with van der Waals surface area (Å²) in [5.41, 5.74) is 1.94. The van der Waals surface area contributed by atoms with Gasteiger partial charge in [-0.25, -0.2) is 4.39 Å². The number of fused-ring (bicyclic) bond motifs is 1. The van der Waals surface area contributed by atoms with Gasteiger partial charge in [-0.2, -0.15) is 0 Å². The lowest BCUT2D eigenvalue weighted by Gasteiger charge is -2.47. The Morgan fingerprint density at radius 1 is 1.21 bits per heavy atom. The van der Waals surface area contributed by atoms with Crippen molar-refractivity contribution in [2.75, 3.05) is 13.2 Å². The van der Waals surface area contributed by atoms with Gasteiger partial charge in [0, 0.05) is 24.3 Å². The van der Waals surface area contributed by atoms with Crippen LogP contribution in [0.25, 0.3) is 17.2 Å². The fourth-order valence-electron chi connectivity index (χ4n) is 5.87. The molecule has 0 radical (unpaired) electrons. The van der Waals surface area contributed by atoms with Crippen LogP contribution in [0.1, 0.15) is 52.7 Å². The Morgan fingerprint density at radius 3 is 2.74 bits per heavy atom. The minimum atomic E-state index is -0.581. The van der Waals surface area contributed by atoms with Crippen LogP contribution < -0.4 is 0 Å². The molecule has 182 valence electrons. The highest BCUT2D eigenvalue weighted by Crippen LogP contribution is 2.56. The topological polar surface area (TPSA) is 48.4 Å². The van der Waals surface area contributed by atoms with Gasteiger partial charge in [0.2, 0.25) is 0 Å². The van der Waals surface area contributed by atoms with Gasteiger partial charge in [-0.05, 0) is 67.4 Å². The average molecular weight is 466 g/mol. The molecule has 1 aliphatic heterocycles. The van der Waals surface area contributed by atoms with Gasteiger partial charge in [-0.3, -0.25) is 9.78 Å². The van der Waals surface area contributed by atoms with Gasteiger partial charge in [-0.15, -0.1) is 0 Å². The van der Waals surface area contributed by atoms with E-state index in [9.17, 15) is 9.18 Å². The molecule has 0 unspecified atom stereocenters. The molecule has 34 heavy (non-hydrogen) atoms. The summed E-state index contributed by atoms with van der Waals surface area (Å²) in [5, 5.41) is 0. The van der Waals surface area contributed by atoms with E-state index in [1.54, 1.807) is 12.3 Å². The molecule has 4 nitrogen and oxygen atoms in total. The Labute approximate surface area is 202 Å². The number of halogens is 1. The van der Waals surface area contributed by atoms with Crippen LogP contribution in [-0.4, -0.2) is 30.3 Å². The first-order valence-corrected chi connectivity index (χ1v) is 12.5. The maximum Gasteiger partial charge on any atom is 0.315 e. The summed E-state index contributed by atoms with van der Waals surface area (Å²) in [6.07, 6.45) is 8.77. The molecular weight excluding hydrogens is 429 g/mol. The number of aromatic nitrogens is 1. The van der Waals surface area contributed by atoms with Crippen molar-refractivity contribution in [3.63, 3.8) is 0 Å². The normalized spacial score (nSPS) is 31.0. The number of ether oxygens (including phenoxy) is 2. The Kier molecular flexibility index (Phi) is 7.51. The largest absolute Gasteiger partial charge is 0.462 e. The van der Waals surface area contributed by atoms with E-state index in [1.807, 2.05) is 31.2 Å². The van der Waals surface area contributed by atoms with Crippen molar-refractivity contribution in [3.05, 3.63) is 60.2 Å². The quantitative estimate of drug-likeness (QED) is 0.327. The molecule has 6 atom stereocenters. The zero-order chi connectivity index (χ0) is 24.3. The van der Waals surface area contributed by atoms with Gasteiger partial charge in [0.05, 0.1) is 17.7 Å². The summed E-state index contributed by atoms with van der Waals surface area (Å²) >= 11 is 0. The first kappa shape index (κ1) is 24.6. The second kappa shape index (κ2) is 10.4. The van der Waals surface area contributed by atoms with Crippen molar-refractivity contribution in [3.8, 4) is 11.1 Å². The molecule has 1 aliphatic carbocycles. The highest BCUT2D eigenvalue weighted by atomic mass is 19.1. The highest BCUT2D eigenvalue weighted by Gasteiger charge is 2.62. The number of allylic oxidation sites excluding steroid dienone is 1. The number of rotatable bonds is 8. The summed E-state index contributed by atoms with van der Waals surface area (Å²) < 4.78 is 25.4. The third kappa shape index (κ3) is 4.81. The Morgan fingerprint density at radius 2 is 2.03 bits per heavy atom. The molecule has 2 aliphatic rings. The van der Waals surface area contributed by atoms with E-state index in [1.165, 1.54) is 12.1 Å². The predicted octanol–water partition coefficient (Wildman–Crippen LogP) is 6.56. The average Bonchev–Trinajstić information content (AvgIpc) is 3.06. The maximum absolute atomic E-state index is 13.6. The van der Waals surface area contributed by atoms with Crippen molar-refractivity contribution in [2.45, 2.75) is 53.1 Å². The van der Waals surface area contributed by atoms with Crippen LogP contribution in [0.2, 0.25) is 0 Å². The second-order valence-corrected chi connectivity index (χ2v) is 10.2. The fraction of sp³-hybridized carbons (Fsp3) is 0.517. The van der Waals surface area contributed by atoms with Gasteiger partial charge < -0.3 is 9.47 Å². The molecule has 4 rings (SSSR count). The molecule has 0 amide bonds. The number of hydrogen-bond donors (Lipinski definition) is 0. The second-order valence-electron chi connectivity index (χ2n) is 10.2. The molecule has 2 heterocycles. The number of benzene rings is 1. The lowest BCUT2D eigenvalue weighted by atomic mass is 9.55. The molecule has 1 saturated carbocycles. The van der Waals surface area contributed by atoms with Crippen molar-refractivity contribution in [1.82, 2.24) is 4.98 Å². The third-order valence-corrected chi connectivity index (χ3v) is 7.88. The zero-order valence-corrected chi connectivity index (χ0v) is 20.7. The van der Waals surface area contributed by atoms with E-state index in [0.29, 0.717) is 25.0 Å². The van der Waals surface area contributed by atoms with Gasteiger partial charge in [-0.1, -0.05) is 51.5 Å². The number of nitrogens with zero attached hydrogens (tertiary/aromatic N) is 1. The number of hydrogen-bond acceptors (Lipinski definition) is 4. The van der Waals surface area contributed by atoms with Crippen LogP contribution in [-0.2, 0) is 14.3 Å². The minimum absolute atomic E-state index is 0.0793. The monoisotopic (exact) mass is 465 g/mol. The van der Waals surface area contributed by atoms with E-state index in [-0.39, 0.29) is 29.7 Å². The summed E-state index contributed by atoms with van der Waals surface area (Å²) in [6.45, 7) is 9.78. The third-order valence-electron chi connectivity index (χ3n) is 7.88. The summed E-state index contributed by atoms with van der Waals surface area (Å²) in [4.78, 5) is 17.7. The van der Waals surface area contributed by atoms with Gasteiger partial charge in [0.1, 0.15) is 11.9 Å². The number of unbranched alkanes of at least 4 members (excludes halogenated alkanes) is 1. The summed E-state index contributed by atoms with van der Waals surface area (Å²) in [7, 11) is 0. The molecule has 0 N–H and O–H groups in total. The first-order chi connectivity index (χ1) is 16.4. The Bertz CT molecular complexity index is 1020. The van der Waals surface area contributed by atoms with Crippen LogP contribution in [0.3, 0.4) is 0 Å². The lowest BCUT2D eigenvalue weighted by molar-refractivity contribution is -0.154. The summed E-state index contributed by atoms with van der Waals surface area (Å²) in [6, 6.07) is 10.4. The number of pyridine rings is 1. The maximum atomic E-state index is 13.6. The fourth-order valence-corrected chi connectivity index (χ4v) is 5.87. The summed E-state index contributed by atoms with van der Waals surface area (Å²) in [5.74, 6) is 0.693. The molecule has 0 bridgehead atoms. The SMILES string of the molecule is CCCCOC[C@@]12C[C@H](C)[C@@H](C)[C@H](/C=C/c3ccc(-c4cccc(F)c4)cn3)[C@@H]1[C@@H](C)OC2=O. The number of esters is 1. The van der Waals surface area contributed by atoms with E-state index in [4.69, 9.17) is 9.47 Å². The number of cyclic esters (lactones) is 1. The smallest absolute Gasteiger partial charge is 0.315 e. The van der Waals surface area contributed by atoms with Crippen LogP contribution in [0.15, 0.2) is 48.7 Å². The van der Waals surface area contributed by atoms with Gasteiger partial charge in [0.15, 0.2) is 0 Å². The Balaban J connectivity index is 1.56. The van der Waals surface area contributed by atoms with Crippen LogP contribution in [0.4, 0.5) is 4.39 Å². The van der Waals surface area contributed by atoms with Crippen molar-refractivity contribution < 1.29 is 18.7 Å². The highest BCUT2D eigenvalue weighted by molar-refractivity contribution is 5.80. The molecule has 0 spiro atoms. The molecule has 5 heteroatoms. The zero-order valence-electron chi connectivity index (χ0n) is 20.7. The predicted molar refractivity (Wildman–Crippen MR) is 132 cm³/mol. The minimum Gasteiger partial charge on any atom is -0.462 e. The van der Waals surface area contributed by atoms with E-state index in [2.05, 4.69) is 31.8 Å². The molecule has 2 fully saturated rings. The van der Waals surface area contributed by atoms with E-state index in [0.717, 1.165) is 36.1 Å². The molecule has 2 aromatic rings. The van der Waals surface area contributed by atoms with Crippen molar-refractivity contribution in [1.29, 1.82) is 0 Å². The van der Waals surface area contributed by atoms with Crippen molar-refractivity contribution in [2.24, 2.45) is 29.1 Å². The van der Waals surface area contributed by atoms with Gasteiger partial charge >= 0.3 is 5.97 Å². The number of carbonyl (C=O) groups is 1. The Hall–Kier alpha value is -2.53. The molecule has 1 aromatic carbocycles. The van der Waals surface area contributed by atoms with Crippen LogP contribution in [0.5, 0.6) is 0 Å².